The molecule has 3 aromatic rings. The summed E-state index contributed by atoms with van der Waals surface area (Å²) < 4.78 is 12.1. The van der Waals surface area contributed by atoms with E-state index in [-0.39, 0.29) is 29.9 Å². The number of aromatic carboxylic acids is 1. The van der Waals surface area contributed by atoms with Crippen molar-refractivity contribution in [2.24, 2.45) is 0 Å². The minimum absolute atomic E-state index is 0.0453. The monoisotopic (exact) mass is 418 g/mol. The van der Waals surface area contributed by atoms with E-state index in [1.54, 1.807) is 20.8 Å². The van der Waals surface area contributed by atoms with Gasteiger partial charge < -0.3 is 14.3 Å². The molecule has 3 heterocycles. The van der Waals surface area contributed by atoms with Gasteiger partial charge in [0.25, 0.3) is 5.56 Å². The van der Waals surface area contributed by atoms with Crippen molar-refractivity contribution in [2.45, 2.75) is 53.2 Å². The molecule has 0 aliphatic rings. The maximum atomic E-state index is 13.3. The van der Waals surface area contributed by atoms with Crippen molar-refractivity contribution >= 4 is 33.5 Å². The van der Waals surface area contributed by atoms with Crippen LogP contribution >= 0.6 is 11.3 Å². The highest BCUT2D eigenvalue weighted by Crippen LogP contribution is 2.29. The zero-order chi connectivity index (χ0) is 21.5. The SMILES string of the molecule is Cc1c(C(=O)OC(C)C)sc2nc(C(C)C)n(Cc3ccc(C(=O)O)o3)c(=O)c12. The van der Waals surface area contributed by atoms with Crippen molar-refractivity contribution in [1.82, 2.24) is 9.55 Å². The third kappa shape index (κ3) is 3.95. The Bertz CT molecular complexity index is 1150. The molecule has 3 aromatic heterocycles. The molecule has 154 valence electrons. The Balaban J connectivity index is 2.15. The number of aryl methyl sites for hydroxylation is 1. The summed E-state index contributed by atoms with van der Waals surface area (Å²) in [7, 11) is 0. The Morgan fingerprint density at radius 1 is 1.28 bits per heavy atom. The molecule has 0 aromatic carbocycles. The molecule has 3 rings (SSSR count). The smallest absolute Gasteiger partial charge is 0.371 e. The lowest BCUT2D eigenvalue weighted by Crippen LogP contribution is -2.26. The number of nitrogens with zero attached hydrogens (tertiary/aromatic N) is 2. The van der Waals surface area contributed by atoms with Gasteiger partial charge in [0.05, 0.1) is 18.0 Å². The van der Waals surface area contributed by atoms with E-state index < -0.39 is 11.9 Å². The molecule has 0 aliphatic heterocycles. The van der Waals surface area contributed by atoms with Crippen molar-refractivity contribution in [3.63, 3.8) is 0 Å². The zero-order valence-electron chi connectivity index (χ0n) is 16.8. The quantitative estimate of drug-likeness (QED) is 0.606. The average molecular weight is 418 g/mol. The first kappa shape index (κ1) is 20.8. The van der Waals surface area contributed by atoms with Crippen LogP contribution in [-0.2, 0) is 11.3 Å². The van der Waals surface area contributed by atoms with Crippen LogP contribution in [0, 0.1) is 6.92 Å². The lowest BCUT2D eigenvalue weighted by Gasteiger charge is -2.14. The highest BCUT2D eigenvalue weighted by atomic mass is 32.1. The van der Waals surface area contributed by atoms with E-state index in [0.29, 0.717) is 32.2 Å². The molecular weight excluding hydrogens is 396 g/mol. The number of ether oxygens (including phenoxy) is 1. The normalized spacial score (nSPS) is 11.6. The maximum absolute atomic E-state index is 13.3. The fourth-order valence-corrected chi connectivity index (χ4v) is 4.08. The van der Waals surface area contributed by atoms with Gasteiger partial charge in [-0.15, -0.1) is 11.3 Å². The molecule has 0 saturated carbocycles. The molecule has 0 amide bonds. The molecule has 0 bridgehead atoms. The number of esters is 1. The zero-order valence-corrected chi connectivity index (χ0v) is 17.6. The minimum Gasteiger partial charge on any atom is -0.475 e. The summed E-state index contributed by atoms with van der Waals surface area (Å²) in [6.07, 6.45) is -0.273. The van der Waals surface area contributed by atoms with Gasteiger partial charge in [-0.05, 0) is 38.5 Å². The fraction of sp³-hybridized carbons (Fsp3) is 0.400. The third-order valence-corrected chi connectivity index (χ3v) is 5.48. The first-order valence-electron chi connectivity index (χ1n) is 9.17. The van der Waals surface area contributed by atoms with Crippen LogP contribution in [0.5, 0.6) is 0 Å². The molecule has 8 nitrogen and oxygen atoms in total. The number of furan rings is 1. The van der Waals surface area contributed by atoms with Crippen LogP contribution in [0.4, 0.5) is 0 Å². The van der Waals surface area contributed by atoms with Crippen molar-refractivity contribution in [1.29, 1.82) is 0 Å². The molecule has 0 unspecified atom stereocenters. The van der Waals surface area contributed by atoms with E-state index >= 15 is 0 Å². The third-order valence-electron chi connectivity index (χ3n) is 4.31. The standard InChI is InChI=1S/C20H22N2O6S/c1-9(2)16-21-17-14(11(5)15(29-17)20(26)27-10(3)4)18(23)22(16)8-12-6-7-13(28-12)19(24)25/h6-7,9-10H,8H2,1-5H3,(H,24,25). The summed E-state index contributed by atoms with van der Waals surface area (Å²) in [6.45, 7) is 9.08. The highest BCUT2D eigenvalue weighted by Gasteiger charge is 2.24. The molecule has 1 N–H and O–H groups in total. The Morgan fingerprint density at radius 2 is 1.97 bits per heavy atom. The van der Waals surface area contributed by atoms with Crippen LogP contribution in [0.3, 0.4) is 0 Å². The second-order valence-electron chi connectivity index (χ2n) is 7.28. The molecule has 29 heavy (non-hydrogen) atoms. The topological polar surface area (TPSA) is 112 Å². The Hall–Kier alpha value is -2.94. The Kier molecular flexibility index (Phi) is 5.61. The number of hydrogen-bond donors (Lipinski definition) is 1. The summed E-state index contributed by atoms with van der Waals surface area (Å²) in [5.41, 5.74) is 0.229. The van der Waals surface area contributed by atoms with E-state index in [1.807, 2.05) is 13.8 Å². The molecule has 0 spiro atoms. The van der Waals surface area contributed by atoms with Gasteiger partial charge in [0.1, 0.15) is 21.3 Å². The first-order valence-corrected chi connectivity index (χ1v) is 9.98. The van der Waals surface area contributed by atoms with Gasteiger partial charge in [-0.25, -0.2) is 14.6 Å². The largest absolute Gasteiger partial charge is 0.475 e. The van der Waals surface area contributed by atoms with E-state index in [4.69, 9.17) is 14.3 Å². The second-order valence-corrected chi connectivity index (χ2v) is 8.28. The van der Waals surface area contributed by atoms with E-state index in [2.05, 4.69) is 4.98 Å². The van der Waals surface area contributed by atoms with E-state index in [0.717, 1.165) is 11.3 Å². The second kappa shape index (κ2) is 7.82. The van der Waals surface area contributed by atoms with Gasteiger partial charge in [0.15, 0.2) is 0 Å². The van der Waals surface area contributed by atoms with E-state index in [9.17, 15) is 14.4 Å². The fourth-order valence-electron chi connectivity index (χ4n) is 3.02. The number of rotatable bonds is 6. The van der Waals surface area contributed by atoms with Crippen LogP contribution in [0.1, 0.15) is 71.0 Å². The van der Waals surface area contributed by atoms with Crippen LogP contribution in [0.25, 0.3) is 10.2 Å². The van der Waals surface area contributed by atoms with Crippen LogP contribution in [0.15, 0.2) is 21.3 Å². The summed E-state index contributed by atoms with van der Waals surface area (Å²) in [5, 5.41) is 9.40. The van der Waals surface area contributed by atoms with Crippen molar-refractivity contribution in [2.75, 3.05) is 0 Å². The lowest BCUT2D eigenvalue weighted by molar-refractivity contribution is 0.0383. The van der Waals surface area contributed by atoms with Gasteiger partial charge >= 0.3 is 11.9 Å². The number of carbonyl (C=O) groups is 2. The molecule has 0 aliphatic carbocycles. The van der Waals surface area contributed by atoms with Gasteiger partial charge in [0, 0.05) is 5.92 Å². The number of carboxylic acids is 1. The molecule has 0 radical (unpaired) electrons. The van der Waals surface area contributed by atoms with Gasteiger partial charge in [-0.3, -0.25) is 9.36 Å². The predicted molar refractivity (Wildman–Crippen MR) is 108 cm³/mol. The Labute approximate surface area is 170 Å². The van der Waals surface area contributed by atoms with Crippen LogP contribution < -0.4 is 5.56 Å². The van der Waals surface area contributed by atoms with Crippen molar-refractivity contribution in [3.05, 3.63) is 50.3 Å². The summed E-state index contributed by atoms with van der Waals surface area (Å²) in [6, 6.07) is 2.87. The lowest BCUT2D eigenvalue weighted by atomic mass is 10.1. The molecule has 9 heteroatoms. The number of carboxylic acid groups (broad SMARTS) is 1. The van der Waals surface area contributed by atoms with Crippen LogP contribution in [0.2, 0.25) is 0 Å². The number of hydrogen-bond acceptors (Lipinski definition) is 7. The first-order chi connectivity index (χ1) is 13.6. The summed E-state index contributed by atoms with van der Waals surface area (Å²) in [5.74, 6) is -1.06. The maximum Gasteiger partial charge on any atom is 0.371 e. The summed E-state index contributed by atoms with van der Waals surface area (Å²) in [4.78, 5) is 42.2. The molecule has 0 saturated heterocycles. The van der Waals surface area contributed by atoms with E-state index in [1.165, 1.54) is 16.7 Å². The number of fused-ring (bicyclic) bond motifs is 1. The average Bonchev–Trinajstić information content (AvgIpc) is 3.21. The predicted octanol–water partition coefficient (Wildman–Crippen LogP) is 3.79. The number of carbonyl (C=O) groups excluding carboxylic acids is 1. The van der Waals surface area contributed by atoms with Crippen molar-refractivity contribution in [3.8, 4) is 0 Å². The number of thiophene rings is 1. The molecule has 0 atom stereocenters. The van der Waals surface area contributed by atoms with Crippen molar-refractivity contribution < 1.29 is 23.8 Å². The highest BCUT2D eigenvalue weighted by molar-refractivity contribution is 7.20. The number of aromatic nitrogens is 2. The minimum atomic E-state index is -1.18. The van der Waals surface area contributed by atoms with Crippen LogP contribution in [-0.4, -0.2) is 32.7 Å². The van der Waals surface area contributed by atoms with Gasteiger partial charge in [-0.2, -0.15) is 0 Å². The Morgan fingerprint density at radius 3 is 2.52 bits per heavy atom. The molecular formula is C20H22N2O6S. The van der Waals surface area contributed by atoms with Gasteiger partial charge in [-0.1, -0.05) is 13.8 Å². The molecule has 0 fully saturated rings. The summed E-state index contributed by atoms with van der Waals surface area (Å²) >= 11 is 1.14. The van der Waals surface area contributed by atoms with Gasteiger partial charge in [0.2, 0.25) is 5.76 Å².